The van der Waals surface area contributed by atoms with Crippen molar-refractivity contribution < 1.29 is 0 Å². The van der Waals surface area contributed by atoms with E-state index in [1.807, 2.05) is 31.2 Å². The first-order chi connectivity index (χ1) is 8.72. The lowest BCUT2D eigenvalue weighted by atomic mass is 10.1. The summed E-state index contributed by atoms with van der Waals surface area (Å²) in [6.07, 6.45) is 1.66. The Bertz CT molecular complexity index is 590. The molecule has 0 fully saturated rings. The van der Waals surface area contributed by atoms with Gasteiger partial charge in [0, 0.05) is 11.2 Å². The fourth-order valence-electron chi connectivity index (χ4n) is 1.72. The van der Waals surface area contributed by atoms with Crippen LogP contribution in [0.3, 0.4) is 0 Å². The second kappa shape index (κ2) is 5.52. The van der Waals surface area contributed by atoms with E-state index in [-0.39, 0.29) is 6.04 Å². The van der Waals surface area contributed by atoms with E-state index in [9.17, 15) is 0 Å². The molecule has 0 spiro atoms. The van der Waals surface area contributed by atoms with Crippen LogP contribution in [0.25, 0.3) is 0 Å². The molecule has 1 atom stereocenters. The predicted molar refractivity (Wildman–Crippen MR) is 72.4 cm³/mol. The van der Waals surface area contributed by atoms with Crippen LogP contribution in [0, 0.1) is 11.3 Å². The van der Waals surface area contributed by atoms with Crippen LogP contribution in [0.1, 0.15) is 24.1 Å². The second-order valence-electron chi connectivity index (χ2n) is 3.90. The Morgan fingerprint density at radius 1 is 1.28 bits per heavy atom. The summed E-state index contributed by atoms with van der Waals surface area (Å²) in [6.45, 7) is 1.98. The van der Waals surface area contributed by atoms with E-state index in [0.717, 1.165) is 5.56 Å². The third-order valence-corrected chi connectivity index (χ3v) is 3.00. The smallest absolute Gasteiger partial charge is 0.144 e. The maximum absolute atomic E-state index is 9.00. The molecule has 2 rings (SSSR count). The van der Waals surface area contributed by atoms with Crippen molar-refractivity contribution in [2.24, 2.45) is 0 Å². The summed E-state index contributed by atoms with van der Waals surface area (Å²) in [7, 11) is 0. The van der Waals surface area contributed by atoms with Crippen molar-refractivity contribution >= 4 is 17.4 Å². The van der Waals surface area contributed by atoms with Crippen LogP contribution in [-0.2, 0) is 0 Å². The fourth-order valence-corrected chi connectivity index (χ4v) is 2.02. The van der Waals surface area contributed by atoms with Crippen molar-refractivity contribution in [2.45, 2.75) is 13.0 Å². The van der Waals surface area contributed by atoms with Crippen LogP contribution in [0.5, 0.6) is 0 Å². The highest BCUT2D eigenvalue weighted by atomic mass is 35.5. The van der Waals surface area contributed by atoms with Crippen molar-refractivity contribution in [3.8, 4) is 6.07 Å². The lowest BCUT2D eigenvalue weighted by molar-refractivity contribution is 0.874. The number of nitriles is 1. The van der Waals surface area contributed by atoms with Gasteiger partial charge in [0.1, 0.15) is 11.9 Å². The molecule has 0 aliphatic carbocycles. The van der Waals surface area contributed by atoms with Crippen molar-refractivity contribution in [1.29, 1.82) is 5.26 Å². The molecule has 1 unspecified atom stereocenters. The van der Waals surface area contributed by atoms with Gasteiger partial charge >= 0.3 is 0 Å². The molecule has 2 aromatic rings. The molecule has 4 heteroatoms. The van der Waals surface area contributed by atoms with Crippen LogP contribution in [-0.4, -0.2) is 4.98 Å². The molecule has 90 valence electrons. The quantitative estimate of drug-likeness (QED) is 0.910. The number of halogens is 1. The number of aromatic nitrogens is 1. The average Bonchev–Trinajstić information content (AvgIpc) is 2.39. The Morgan fingerprint density at radius 2 is 2.06 bits per heavy atom. The Balaban J connectivity index is 2.25. The molecular formula is C14H12ClN3. The topological polar surface area (TPSA) is 48.7 Å². The molecule has 0 saturated heterocycles. The largest absolute Gasteiger partial charge is 0.362 e. The lowest BCUT2D eigenvalue weighted by Crippen LogP contribution is -2.09. The second-order valence-corrected chi connectivity index (χ2v) is 4.31. The first-order valence-electron chi connectivity index (χ1n) is 5.58. The number of hydrogen-bond donors (Lipinski definition) is 1. The highest BCUT2D eigenvalue weighted by molar-refractivity contribution is 6.31. The molecule has 1 heterocycles. The van der Waals surface area contributed by atoms with Gasteiger partial charge in [0.15, 0.2) is 0 Å². The van der Waals surface area contributed by atoms with Crippen LogP contribution in [0.15, 0.2) is 42.6 Å². The zero-order chi connectivity index (χ0) is 13.0. The Morgan fingerprint density at radius 3 is 2.78 bits per heavy atom. The minimum Gasteiger partial charge on any atom is -0.362 e. The van der Waals surface area contributed by atoms with E-state index < -0.39 is 0 Å². The number of anilines is 1. The first-order valence-corrected chi connectivity index (χ1v) is 5.96. The van der Waals surface area contributed by atoms with Gasteiger partial charge in [0.2, 0.25) is 0 Å². The minimum atomic E-state index is -0.0132. The SMILES string of the molecule is CC(Nc1ncccc1C#N)c1ccccc1Cl. The number of hydrogen-bond acceptors (Lipinski definition) is 3. The molecule has 0 saturated carbocycles. The average molecular weight is 258 g/mol. The summed E-state index contributed by atoms with van der Waals surface area (Å²) in [5.41, 5.74) is 1.50. The van der Waals surface area contributed by atoms with Crippen molar-refractivity contribution in [3.05, 3.63) is 58.7 Å². The van der Waals surface area contributed by atoms with E-state index in [2.05, 4.69) is 16.4 Å². The van der Waals surface area contributed by atoms with Gasteiger partial charge < -0.3 is 5.32 Å². The van der Waals surface area contributed by atoms with Gasteiger partial charge in [0.05, 0.1) is 11.6 Å². The summed E-state index contributed by atoms with van der Waals surface area (Å²) in [4.78, 5) is 4.17. The summed E-state index contributed by atoms with van der Waals surface area (Å²) in [6, 6.07) is 13.2. The Labute approximate surface area is 111 Å². The minimum absolute atomic E-state index is 0.0132. The monoisotopic (exact) mass is 257 g/mol. The van der Waals surface area contributed by atoms with Crippen molar-refractivity contribution in [2.75, 3.05) is 5.32 Å². The molecule has 0 amide bonds. The third-order valence-electron chi connectivity index (χ3n) is 2.65. The van der Waals surface area contributed by atoms with Gasteiger partial charge in [-0.2, -0.15) is 5.26 Å². The Kier molecular flexibility index (Phi) is 3.81. The molecule has 0 aliphatic rings. The summed E-state index contributed by atoms with van der Waals surface area (Å²) in [5, 5.41) is 12.9. The highest BCUT2D eigenvalue weighted by Crippen LogP contribution is 2.25. The molecule has 3 nitrogen and oxygen atoms in total. The van der Waals surface area contributed by atoms with Gasteiger partial charge in [-0.05, 0) is 30.7 Å². The zero-order valence-electron chi connectivity index (χ0n) is 9.89. The van der Waals surface area contributed by atoms with Gasteiger partial charge in [-0.15, -0.1) is 0 Å². The third kappa shape index (κ3) is 2.61. The molecule has 18 heavy (non-hydrogen) atoms. The van der Waals surface area contributed by atoms with E-state index >= 15 is 0 Å². The highest BCUT2D eigenvalue weighted by Gasteiger charge is 2.11. The number of pyridine rings is 1. The van der Waals surface area contributed by atoms with Gasteiger partial charge in [0.25, 0.3) is 0 Å². The van der Waals surface area contributed by atoms with Gasteiger partial charge in [-0.25, -0.2) is 4.98 Å². The zero-order valence-corrected chi connectivity index (χ0v) is 10.6. The normalized spacial score (nSPS) is 11.6. The first kappa shape index (κ1) is 12.4. The maximum Gasteiger partial charge on any atom is 0.144 e. The van der Waals surface area contributed by atoms with Crippen molar-refractivity contribution in [3.63, 3.8) is 0 Å². The van der Waals surface area contributed by atoms with E-state index in [1.165, 1.54) is 0 Å². The molecule has 1 N–H and O–H groups in total. The van der Waals surface area contributed by atoms with Gasteiger partial charge in [-0.1, -0.05) is 29.8 Å². The van der Waals surface area contributed by atoms with Crippen LogP contribution < -0.4 is 5.32 Å². The van der Waals surface area contributed by atoms with E-state index in [1.54, 1.807) is 18.3 Å². The van der Waals surface area contributed by atoms with Crippen LogP contribution in [0.4, 0.5) is 5.82 Å². The van der Waals surface area contributed by atoms with Gasteiger partial charge in [-0.3, -0.25) is 0 Å². The molecule has 0 aliphatic heterocycles. The number of nitrogens with zero attached hydrogens (tertiary/aromatic N) is 2. The van der Waals surface area contributed by atoms with E-state index in [0.29, 0.717) is 16.4 Å². The molecule has 0 radical (unpaired) electrons. The summed E-state index contributed by atoms with van der Waals surface area (Å²) in [5.74, 6) is 0.576. The molecule has 1 aromatic heterocycles. The number of rotatable bonds is 3. The Hall–Kier alpha value is -2.05. The summed E-state index contributed by atoms with van der Waals surface area (Å²) < 4.78 is 0. The van der Waals surface area contributed by atoms with Crippen LogP contribution >= 0.6 is 11.6 Å². The van der Waals surface area contributed by atoms with Crippen molar-refractivity contribution in [1.82, 2.24) is 4.98 Å². The predicted octanol–water partition coefficient (Wildman–Crippen LogP) is 3.78. The maximum atomic E-state index is 9.00. The standard InChI is InChI=1S/C14H12ClN3/c1-10(12-6-2-3-7-13(12)15)18-14-11(9-16)5-4-8-17-14/h2-8,10H,1H3,(H,17,18). The molecule has 1 aromatic carbocycles. The molecule has 0 bridgehead atoms. The summed E-state index contributed by atoms with van der Waals surface area (Å²) >= 11 is 6.13. The number of nitrogens with one attached hydrogen (secondary N) is 1. The lowest BCUT2D eigenvalue weighted by Gasteiger charge is -2.16. The van der Waals surface area contributed by atoms with Crippen LogP contribution in [0.2, 0.25) is 5.02 Å². The molecular weight excluding hydrogens is 246 g/mol. The van der Waals surface area contributed by atoms with E-state index in [4.69, 9.17) is 16.9 Å². The fraction of sp³-hybridized carbons (Fsp3) is 0.143. The number of benzene rings is 1.